The fourth-order valence-corrected chi connectivity index (χ4v) is 5.59. The number of para-hydroxylation sites is 1. The van der Waals surface area contributed by atoms with Crippen LogP contribution in [0.3, 0.4) is 0 Å². The van der Waals surface area contributed by atoms with Crippen molar-refractivity contribution in [3.05, 3.63) is 80.1 Å². The molecule has 5 heteroatoms. The minimum atomic E-state index is 0.281. The lowest BCUT2D eigenvalue weighted by molar-refractivity contribution is 0.218. The van der Waals surface area contributed by atoms with Crippen LogP contribution in [0.1, 0.15) is 54.3 Å². The van der Waals surface area contributed by atoms with E-state index < -0.39 is 0 Å². The fourth-order valence-electron chi connectivity index (χ4n) is 4.11. The molecule has 0 amide bonds. The average molecular weight is 507 g/mol. The highest BCUT2D eigenvalue weighted by Crippen LogP contribution is 2.44. The van der Waals surface area contributed by atoms with Crippen molar-refractivity contribution in [2.45, 2.75) is 46.6 Å². The van der Waals surface area contributed by atoms with Crippen molar-refractivity contribution in [1.29, 1.82) is 5.26 Å². The maximum absolute atomic E-state index is 9.83. The summed E-state index contributed by atoms with van der Waals surface area (Å²) in [6.45, 7) is 7.42. The zero-order valence-electron chi connectivity index (χ0n) is 18.7. The van der Waals surface area contributed by atoms with Gasteiger partial charge in [-0.2, -0.15) is 5.26 Å². The van der Waals surface area contributed by atoms with Gasteiger partial charge in [0.2, 0.25) is 0 Å². The van der Waals surface area contributed by atoms with E-state index in [2.05, 4.69) is 42.8 Å². The third kappa shape index (κ3) is 5.14. The van der Waals surface area contributed by atoms with Crippen molar-refractivity contribution in [2.24, 2.45) is 16.3 Å². The van der Waals surface area contributed by atoms with E-state index in [-0.39, 0.29) is 5.41 Å². The Balaban J connectivity index is 1.55. The molecule has 32 heavy (non-hydrogen) atoms. The summed E-state index contributed by atoms with van der Waals surface area (Å²) in [6.07, 6.45) is 4.98. The third-order valence-corrected chi connectivity index (χ3v) is 7.82. The first-order chi connectivity index (χ1) is 15.3. The van der Waals surface area contributed by atoms with Gasteiger partial charge in [-0.1, -0.05) is 61.0 Å². The van der Waals surface area contributed by atoms with Crippen molar-refractivity contribution in [3.63, 3.8) is 0 Å². The first-order valence-corrected chi connectivity index (χ1v) is 12.5. The lowest BCUT2D eigenvalue weighted by Gasteiger charge is -2.33. The minimum absolute atomic E-state index is 0.281. The summed E-state index contributed by atoms with van der Waals surface area (Å²) in [5, 5.41) is 10.6. The van der Waals surface area contributed by atoms with E-state index in [1.165, 1.54) is 10.4 Å². The summed E-state index contributed by atoms with van der Waals surface area (Å²) >= 11 is 5.14. The van der Waals surface area contributed by atoms with Gasteiger partial charge in [-0.25, -0.2) is 4.99 Å². The van der Waals surface area contributed by atoms with E-state index in [4.69, 9.17) is 9.73 Å². The summed E-state index contributed by atoms with van der Waals surface area (Å²) in [6, 6.07) is 18.4. The summed E-state index contributed by atoms with van der Waals surface area (Å²) < 4.78 is 7.12. The Hall–Kier alpha value is -2.42. The van der Waals surface area contributed by atoms with Crippen molar-refractivity contribution in [2.75, 3.05) is 0 Å². The molecule has 1 heterocycles. The van der Waals surface area contributed by atoms with E-state index in [0.717, 1.165) is 51.2 Å². The Morgan fingerprint density at radius 1 is 1.19 bits per heavy atom. The predicted molar refractivity (Wildman–Crippen MR) is 136 cm³/mol. The third-order valence-electron chi connectivity index (χ3n) is 6.13. The second kappa shape index (κ2) is 9.60. The van der Waals surface area contributed by atoms with E-state index in [9.17, 15) is 5.26 Å². The Bertz CT molecular complexity index is 1170. The smallest absolute Gasteiger partial charge is 0.134 e. The number of nitriles is 1. The quantitative estimate of drug-likeness (QED) is 0.330. The fraction of sp³-hybridized carbons (Fsp3) is 0.333. The summed E-state index contributed by atoms with van der Waals surface area (Å²) in [5.41, 5.74) is 4.26. The molecule has 164 valence electrons. The number of fused-ring (bicyclic) bond motifs is 1. The molecule has 0 aliphatic heterocycles. The first kappa shape index (κ1) is 22.8. The Morgan fingerprint density at radius 3 is 2.66 bits per heavy atom. The number of aliphatic imine (C=N–C) groups is 1. The Morgan fingerprint density at radius 2 is 1.94 bits per heavy atom. The molecule has 3 aromatic rings. The van der Waals surface area contributed by atoms with Gasteiger partial charge in [0.15, 0.2) is 0 Å². The zero-order valence-corrected chi connectivity index (χ0v) is 21.1. The van der Waals surface area contributed by atoms with Gasteiger partial charge in [-0.15, -0.1) is 11.3 Å². The van der Waals surface area contributed by atoms with Crippen LogP contribution in [0.25, 0.3) is 0 Å². The number of ether oxygens (including phenoxy) is 1. The predicted octanol–water partition coefficient (Wildman–Crippen LogP) is 7.86. The molecule has 1 aliphatic carbocycles. The molecule has 3 nitrogen and oxygen atoms in total. The van der Waals surface area contributed by atoms with Crippen molar-refractivity contribution >= 4 is 38.5 Å². The summed E-state index contributed by atoms with van der Waals surface area (Å²) in [7, 11) is 0. The van der Waals surface area contributed by atoms with Crippen LogP contribution in [0.15, 0.2) is 58.0 Å². The number of halogens is 1. The summed E-state index contributed by atoms with van der Waals surface area (Å²) in [5.74, 6) is 1.43. The molecule has 1 atom stereocenters. The van der Waals surface area contributed by atoms with Gasteiger partial charge in [-0.05, 0) is 66.0 Å². The van der Waals surface area contributed by atoms with E-state index in [1.807, 2.05) is 54.7 Å². The maximum Gasteiger partial charge on any atom is 0.134 e. The van der Waals surface area contributed by atoms with Crippen molar-refractivity contribution < 1.29 is 4.74 Å². The molecule has 4 rings (SSSR count). The van der Waals surface area contributed by atoms with Crippen LogP contribution in [-0.4, -0.2) is 6.21 Å². The SMILES string of the molecule is CC(C)(C)[C@H]1CCc2c(sc(N=Cc3ccccc3OCc3ccc(Br)cc3)c2C#N)C1. The number of hydrogen-bond donors (Lipinski definition) is 0. The number of hydrogen-bond acceptors (Lipinski definition) is 4. The topological polar surface area (TPSA) is 45.4 Å². The van der Waals surface area contributed by atoms with Crippen LogP contribution < -0.4 is 4.74 Å². The first-order valence-electron chi connectivity index (χ1n) is 10.9. The zero-order chi connectivity index (χ0) is 22.7. The van der Waals surface area contributed by atoms with Gasteiger partial charge in [0.05, 0.1) is 5.56 Å². The summed E-state index contributed by atoms with van der Waals surface area (Å²) in [4.78, 5) is 6.08. The van der Waals surface area contributed by atoms with Crippen LogP contribution >= 0.6 is 27.3 Å². The van der Waals surface area contributed by atoms with Gasteiger partial charge in [0.1, 0.15) is 23.4 Å². The number of nitrogens with zero attached hydrogens (tertiary/aromatic N) is 2. The second-order valence-electron chi connectivity index (χ2n) is 9.31. The molecule has 0 N–H and O–H groups in total. The van der Waals surface area contributed by atoms with Crippen LogP contribution in [0.2, 0.25) is 0 Å². The monoisotopic (exact) mass is 506 g/mol. The molecule has 0 radical (unpaired) electrons. The minimum Gasteiger partial charge on any atom is -0.488 e. The average Bonchev–Trinajstić information content (AvgIpc) is 3.14. The molecule has 1 aromatic heterocycles. The van der Waals surface area contributed by atoms with Crippen LogP contribution in [0.4, 0.5) is 5.00 Å². The largest absolute Gasteiger partial charge is 0.488 e. The molecule has 0 fully saturated rings. The van der Waals surface area contributed by atoms with Crippen LogP contribution in [0.5, 0.6) is 5.75 Å². The van der Waals surface area contributed by atoms with E-state index >= 15 is 0 Å². The number of thiophene rings is 1. The molecule has 0 unspecified atom stereocenters. The normalized spacial score (nSPS) is 16.0. The second-order valence-corrected chi connectivity index (χ2v) is 11.3. The van der Waals surface area contributed by atoms with Crippen molar-refractivity contribution in [1.82, 2.24) is 0 Å². The van der Waals surface area contributed by atoms with Gasteiger partial charge < -0.3 is 4.74 Å². The molecule has 1 aliphatic rings. The van der Waals surface area contributed by atoms with Gasteiger partial charge in [0.25, 0.3) is 0 Å². The highest BCUT2D eigenvalue weighted by atomic mass is 79.9. The highest BCUT2D eigenvalue weighted by Gasteiger charge is 2.32. The molecule has 0 bridgehead atoms. The van der Waals surface area contributed by atoms with Gasteiger partial charge >= 0.3 is 0 Å². The molecule has 0 spiro atoms. The molecule has 0 saturated carbocycles. The maximum atomic E-state index is 9.83. The molecule has 2 aromatic carbocycles. The van der Waals surface area contributed by atoms with Gasteiger partial charge in [-0.3, -0.25) is 0 Å². The lowest BCUT2D eigenvalue weighted by Crippen LogP contribution is -2.26. The van der Waals surface area contributed by atoms with Crippen LogP contribution in [-0.2, 0) is 19.4 Å². The number of benzene rings is 2. The van der Waals surface area contributed by atoms with Crippen molar-refractivity contribution in [3.8, 4) is 11.8 Å². The Labute approximate surface area is 202 Å². The van der Waals surface area contributed by atoms with E-state index in [1.54, 1.807) is 11.3 Å². The molecular formula is C27H27BrN2OS. The lowest BCUT2D eigenvalue weighted by atomic mass is 9.72. The van der Waals surface area contributed by atoms with Crippen LogP contribution in [0, 0.1) is 22.7 Å². The number of rotatable bonds is 5. The van der Waals surface area contributed by atoms with E-state index in [0.29, 0.717) is 12.5 Å². The Kier molecular flexibility index (Phi) is 6.83. The molecular weight excluding hydrogens is 480 g/mol. The highest BCUT2D eigenvalue weighted by molar-refractivity contribution is 9.10. The van der Waals surface area contributed by atoms with Gasteiger partial charge in [0, 0.05) is 21.1 Å². The molecule has 0 saturated heterocycles. The standard InChI is InChI=1S/C27H27BrN2OS/c1-27(2,3)20-10-13-22-23(15-29)26(32-25(22)14-20)30-16-19-6-4-5-7-24(19)31-17-18-8-11-21(28)12-9-18/h4-9,11-12,16,20H,10,13-14,17H2,1-3H3/t20-/m0/s1.